The van der Waals surface area contributed by atoms with Crippen molar-refractivity contribution in [3.05, 3.63) is 41.6 Å². The van der Waals surface area contributed by atoms with Crippen molar-refractivity contribution >= 4 is 11.7 Å². The summed E-state index contributed by atoms with van der Waals surface area (Å²) in [5.41, 5.74) is 3.54. The Kier molecular flexibility index (Phi) is 6.32. The second-order valence-corrected chi connectivity index (χ2v) is 8.86. The summed E-state index contributed by atoms with van der Waals surface area (Å²) in [6.07, 6.45) is 5.18. The monoisotopic (exact) mass is 407 g/mol. The van der Waals surface area contributed by atoms with E-state index >= 15 is 0 Å². The van der Waals surface area contributed by atoms with Gasteiger partial charge in [-0.15, -0.1) is 0 Å². The number of nitrogens with zero attached hydrogens (tertiary/aromatic N) is 5. The SMILES string of the molecule is CN(C)CCN(C)C(=O)[C@@H]1CCCN(c2nc(-c3ccccc3)nc3c2CCC3)C1. The van der Waals surface area contributed by atoms with Crippen molar-refractivity contribution in [1.82, 2.24) is 19.8 Å². The zero-order valence-electron chi connectivity index (χ0n) is 18.5. The first-order valence-corrected chi connectivity index (χ1v) is 11.1. The van der Waals surface area contributed by atoms with Gasteiger partial charge in [0.25, 0.3) is 0 Å². The van der Waals surface area contributed by atoms with Crippen LogP contribution in [0, 0.1) is 5.92 Å². The Morgan fingerprint density at radius 3 is 2.63 bits per heavy atom. The number of amides is 1. The highest BCUT2D eigenvalue weighted by Crippen LogP contribution is 2.33. The molecule has 1 atom stereocenters. The third kappa shape index (κ3) is 4.48. The molecule has 1 aromatic heterocycles. The van der Waals surface area contributed by atoms with E-state index in [9.17, 15) is 4.79 Å². The summed E-state index contributed by atoms with van der Waals surface area (Å²) in [4.78, 5) is 29.3. The first-order valence-electron chi connectivity index (χ1n) is 11.1. The van der Waals surface area contributed by atoms with Crippen LogP contribution in [0.2, 0.25) is 0 Å². The second-order valence-electron chi connectivity index (χ2n) is 8.86. The minimum Gasteiger partial charge on any atom is -0.355 e. The standard InChI is InChI=1S/C24H33N5O/c1-27(2)15-16-28(3)24(30)19-11-8-14-29(17-19)23-20-12-7-13-21(20)25-22(26-23)18-9-5-4-6-10-18/h4-6,9-10,19H,7-8,11-17H2,1-3H3/t19-/m1/s1. The van der Waals surface area contributed by atoms with Crippen molar-refractivity contribution in [2.24, 2.45) is 5.92 Å². The van der Waals surface area contributed by atoms with Crippen LogP contribution in [0.1, 0.15) is 30.5 Å². The van der Waals surface area contributed by atoms with E-state index in [1.54, 1.807) is 0 Å². The minimum absolute atomic E-state index is 0.0399. The van der Waals surface area contributed by atoms with Gasteiger partial charge in [0.05, 0.1) is 5.92 Å². The third-order valence-corrected chi connectivity index (χ3v) is 6.27. The van der Waals surface area contributed by atoms with E-state index in [0.29, 0.717) is 0 Å². The van der Waals surface area contributed by atoms with Crippen LogP contribution >= 0.6 is 0 Å². The summed E-state index contributed by atoms with van der Waals surface area (Å²) in [6.45, 7) is 3.37. The molecule has 30 heavy (non-hydrogen) atoms. The Hall–Kier alpha value is -2.47. The van der Waals surface area contributed by atoms with Crippen LogP contribution in [-0.4, -0.2) is 73.0 Å². The van der Waals surface area contributed by atoms with Crippen LogP contribution < -0.4 is 4.90 Å². The van der Waals surface area contributed by atoms with Crippen molar-refractivity contribution in [3.63, 3.8) is 0 Å². The van der Waals surface area contributed by atoms with E-state index in [1.165, 1.54) is 11.3 Å². The number of aromatic nitrogens is 2. The molecule has 0 unspecified atom stereocenters. The number of fused-ring (bicyclic) bond motifs is 1. The average Bonchev–Trinajstić information content (AvgIpc) is 3.25. The lowest BCUT2D eigenvalue weighted by molar-refractivity contribution is -0.134. The van der Waals surface area contributed by atoms with Crippen molar-refractivity contribution in [3.8, 4) is 11.4 Å². The molecule has 6 nitrogen and oxygen atoms in total. The van der Waals surface area contributed by atoms with Crippen molar-refractivity contribution in [2.45, 2.75) is 32.1 Å². The molecule has 0 spiro atoms. The predicted molar refractivity (Wildman–Crippen MR) is 121 cm³/mol. The molecule has 4 rings (SSSR count). The Bertz CT molecular complexity index is 883. The number of rotatable bonds is 6. The number of likely N-dealkylation sites (N-methyl/N-ethyl adjacent to an activating group) is 2. The molecule has 0 N–H and O–H groups in total. The lowest BCUT2D eigenvalue weighted by Gasteiger charge is -2.35. The van der Waals surface area contributed by atoms with Gasteiger partial charge < -0.3 is 14.7 Å². The topological polar surface area (TPSA) is 52.6 Å². The fraction of sp³-hybridized carbons (Fsp3) is 0.542. The Morgan fingerprint density at radius 1 is 1.07 bits per heavy atom. The molecule has 2 aromatic rings. The fourth-order valence-electron chi connectivity index (χ4n) is 4.53. The normalized spacial score (nSPS) is 18.5. The van der Waals surface area contributed by atoms with Crippen LogP contribution in [0.25, 0.3) is 11.4 Å². The molecular weight excluding hydrogens is 374 g/mol. The zero-order valence-corrected chi connectivity index (χ0v) is 18.5. The molecule has 0 bridgehead atoms. The van der Waals surface area contributed by atoms with Gasteiger partial charge in [-0.05, 0) is 46.2 Å². The van der Waals surface area contributed by atoms with Crippen molar-refractivity contribution in [2.75, 3.05) is 52.2 Å². The maximum atomic E-state index is 13.1. The van der Waals surface area contributed by atoms with Gasteiger partial charge in [-0.25, -0.2) is 9.97 Å². The molecule has 2 heterocycles. The molecule has 6 heteroatoms. The molecule has 1 amide bonds. The Balaban J connectivity index is 1.56. The zero-order chi connectivity index (χ0) is 21.1. The summed E-state index contributed by atoms with van der Waals surface area (Å²) in [6, 6.07) is 10.2. The number of aryl methyl sites for hydroxylation is 1. The highest BCUT2D eigenvalue weighted by molar-refractivity contribution is 5.79. The van der Waals surface area contributed by atoms with Crippen LogP contribution in [0.5, 0.6) is 0 Å². The molecule has 0 radical (unpaired) electrons. The number of hydrogen-bond acceptors (Lipinski definition) is 5. The van der Waals surface area contributed by atoms with E-state index in [4.69, 9.17) is 9.97 Å². The maximum Gasteiger partial charge on any atom is 0.227 e. The quantitative estimate of drug-likeness (QED) is 0.737. The summed E-state index contributed by atoms with van der Waals surface area (Å²) < 4.78 is 0. The van der Waals surface area contributed by atoms with E-state index in [-0.39, 0.29) is 11.8 Å². The van der Waals surface area contributed by atoms with Gasteiger partial charge in [0.15, 0.2) is 5.82 Å². The molecule has 0 saturated carbocycles. The van der Waals surface area contributed by atoms with Crippen LogP contribution in [0.15, 0.2) is 30.3 Å². The van der Waals surface area contributed by atoms with E-state index in [0.717, 1.165) is 75.5 Å². The molecule has 1 aliphatic heterocycles. The lowest BCUT2D eigenvalue weighted by Crippen LogP contribution is -2.45. The van der Waals surface area contributed by atoms with Crippen molar-refractivity contribution < 1.29 is 4.79 Å². The van der Waals surface area contributed by atoms with Gasteiger partial charge in [0.2, 0.25) is 5.91 Å². The molecule has 1 aromatic carbocycles. The maximum absolute atomic E-state index is 13.1. The number of anilines is 1. The number of carbonyl (C=O) groups excluding carboxylic acids is 1. The number of benzene rings is 1. The summed E-state index contributed by atoms with van der Waals surface area (Å²) >= 11 is 0. The third-order valence-electron chi connectivity index (χ3n) is 6.27. The summed E-state index contributed by atoms with van der Waals surface area (Å²) in [7, 11) is 6.02. The van der Waals surface area contributed by atoms with Gasteiger partial charge in [0.1, 0.15) is 5.82 Å². The largest absolute Gasteiger partial charge is 0.355 e. The van der Waals surface area contributed by atoms with E-state index in [1.807, 2.05) is 44.2 Å². The van der Waals surface area contributed by atoms with Crippen molar-refractivity contribution in [1.29, 1.82) is 0 Å². The van der Waals surface area contributed by atoms with Gasteiger partial charge in [-0.3, -0.25) is 4.79 Å². The number of hydrogen-bond donors (Lipinski definition) is 0. The first kappa shape index (κ1) is 20.8. The van der Waals surface area contributed by atoms with Crippen LogP contribution in [-0.2, 0) is 17.6 Å². The lowest BCUT2D eigenvalue weighted by atomic mass is 9.96. The van der Waals surface area contributed by atoms with Gasteiger partial charge in [-0.2, -0.15) is 0 Å². The molecular formula is C24H33N5O. The predicted octanol–water partition coefficient (Wildman–Crippen LogP) is 2.87. The summed E-state index contributed by atoms with van der Waals surface area (Å²) in [5.74, 6) is 2.17. The Morgan fingerprint density at radius 2 is 1.87 bits per heavy atom. The number of piperidine rings is 1. The molecule has 1 fully saturated rings. The highest BCUT2D eigenvalue weighted by atomic mass is 16.2. The second kappa shape index (κ2) is 9.13. The number of carbonyl (C=O) groups is 1. The summed E-state index contributed by atoms with van der Waals surface area (Å²) in [5, 5.41) is 0. The van der Waals surface area contributed by atoms with Gasteiger partial charge in [0, 0.05) is 50.0 Å². The molecule has 2 aliphatic rings. The fourth-order valence-corrected chi connectivity index (χ4v) is 4.53. The molecule has 160 valence electrons. The Labute approximate surface area is 179 Å². The van der Waals surface area contributed by atoms with Crippen LogP contribution in [0.4, 0.5) is 5.82 Å². The first-order chi connectivity index (χ1) is 14.5. The molecule has 1 saturated heterocycles. The van der Waals surface area contributed by atoms with E-state index in [2.05, 4.69) is 21.9 Å². The minimum atomic E-state index is 0.0399. The average molecular weight is 408 g/mol. The molecule has 1 aliphatic carbocycles. The highest BCUT2D eigenvalue weighted by Gasteiger charge is 2.31. The van der Waals surface area contributed by atoms with Gasteiger partial charge in [-0.1, -0.05) is 30.3 Å². The van der Waals surface area contributed by atoms with Gasteiger partial charge >= 0.3 is 0 Å². The smallest absolute Gasteiger partial charge is 0.227 e. The van der Waals surface area contributed by atoms with Crippen LogP contribution in [0.3, 0.4) is 0 Å². The van der Waals surface area contributed by atoms with E-state index < -0.39 is 0 Å².